The summed E-state index contributed by atoms with van der Waals surface area (Å²) < 4.78 is 0. The Labute approximate surface area is 91.4 Å². The molecule has 4 heteroatoms. The van der Waals surface area contributed by atoms with Crippen LogP contribution in [0.25, 0.3) is 0 Å². The summed E-state index contributed by atoms with van der Waals surface area (Å²) in [5.74, 6) is 2.75. The van der Waals surface area contributed by atoms with E-state index in [1.165, 1.54) is 19.3 Å². The molecule has 1 fully saturated rings. The lowest BCUT2D eigenvalue weighted by molar-refractivity contribution is 0.113. The summed E-state index contributed by atoms with van der Waals surface area (Å²) in [5, 5.41) is 3.50. The molecule has 0 saturated heterocycles. The van der Waals surface area contributed by atoms with Crippen molar-refractivity contribution in [3.63, 3.8) is 0 Å². The third-order valence-electron chi connectivity index (χ3n) is 3.69. The van der Waals surface area contributed by atoms with Crippen molar-refractivity contribution in [1.82, 2.24) is 10.8 Å². The molecule has 0 radical (unpaired) electrons. The smallest absolute Gasteiger partial charge is 0.166 e. The minimum absolute atomic E-state index is 0.456. The van der Waals surface area contributed by atoms with Gasteiger partial charge in [-0.25, -0.2) is 10.5 Å². The van der Waals surface area contributed by atoms with Crippen LogP contribution in [0.1, 0.15) is 33.1 Å². The fourth-order valence-corrected chi connectivity index (χ4v) is 2.22. The molecule has 1 aliphatic carbocycles. The number of aliphatic imine (C=N–C) groups is 1. The second kappa shape index (κ2) is 4.94. The van der Waals surface area contributed by atoms with E-state index in [0.29, 0.717) is 12.8 Å². The Morgan fingerprint density at radius 2 is 2.40 bits per heavy atom. The number of nitrogens with zero attached hydrogens (tertiary/aromatic N) is 1. The maximum Gasteiger partial charge on any atom is 0.166 e. The molecule has 2 aliphatic rings. The van der Waals surface area contributed by atoms with Crippen LogP contribution in [0.15, 0.2) is 4.99 Å². The van der Waals surface area contributed by atoms with Gasteiger partial charge >= 0.3 is 0 Å². The van der Waals surface area contributed by atoms with Gasteiger partial charge in [-0.05, 0) is 24.7 Å². The summed E-state index contributed by atoms with van der Waals surface area (Å²) in [5.41, 5.74) is 2.79. The number of hydrogen-bond donors (Lipinski definition) is 2. The molecule has 0 aromatic carbocycles. The van der Waals surface area contributed by atoms with E-state index in [2.05, 4.69) is 29.6 Å². The van der Waals surface area contributed by atoms with Gasteiger partial charge in [0.2, 0.25) is 0 Å². The van der Waals surface area contributed by atoms with Gasteiger partial charge in [0.15, 0.2) is 6.73 Å². The van der Waals surface area contributed by atoms with Crippen LogP contribution in [-0.4, -0.2) is 25.2 Å². The van der Waals surface area contributed by atoms with Gasteiger partial charge in [-0.3, -0.25) is 4.84 Å². The molecule has 1 heterocycles. The van der Waals surface area contributed by atoms with Crippen molar-refractivity contribution in [3.8, 4) is 0 Å². The average Bonchev–Trinajstić information content (AvgIpc) is 2.67. The molecule has 4 nitrogen and oxygen atoms in total. The Balaban J connectivity index is 1.59. The highest BCUT2D eigenvalue weighted by molar-refractivity contribution is 5.83. The number of nitrogens with one attached hydrogen (secondary N) is 2. The standard InChI is InChI=1S/C11H21N3O/c1-3-8(2)9-4-10(5-9)12-6-11-13-7-15-14-11/h8-10,12H,3-7H2,1-2H3,(H,13,14). The van der Waals surface area contributed by atoms with Crippen LogP contribution in [0.4, 0.5) is 0 Å². The van der Waals surface area contributed by atoms with Crippen molar-refractivity contribution in [3.05, 3.63) is 0 Å². The van der Waals surface area contributed by atoms with Crippen LogP contribution < -0.4 is 10.8 Å². The molecule has 0 aromatic rings. The van der Waals surface area contributed by atoms with E-state index in [0.717, 1.165) is 24.2 Å². The van der Waals surface area contributed by atoms with Gasteiger partial charge in [0.1, 0.15) is 5.84 Å². The Morgan fingerprint density at radius 1 is 1.60 bits per heavy atom. The average molecular weight is 211 g/mol. The number of hydrogen-bond acceptors (Lipinski definition) is 4. The number of rotatable bonds is 5. The zero-order valence-electron chi connectivity index (χ0n) is 9.62. The Kier molecular flexibility index (Phi) is 3.59. The molecule has 15 heavy (non-hydrogen) atoms. The highest BCUT2D eigenvalue weighted by atomic mass is 16.7. The zero-order valence-corrected chi connectivity index (χ0v) is 9.62. The molecular formula is C11H21N3O. The first-order valence-electron chi connectivity index (χ1n) is 5.94. The van der Waals surface area contributed by atoms with Crippen molar-refractivity contribution in [2.24, 2.45) is 16.8 Å². The highest BCUT2D eigenvalue weighted by Gasteiger charge is 2.31. The van der Waals surface area contributed by atoms with Gasteiger partial charge in [-0.15, -0.1) is 0 Å². The van der Waals surface area contributed by atoms with E-state index < -0.39 is 0 Å². The molecule has 0 spiro atoms. The highest BCUT2D eigenvalue weighted by Crippen LogP contribution is 2.35. The molecular weight excluding hydrogens is 190 g/mol. The Bertz CT molecular complexity index is 236. The van der Waals surface area contributed by atoms with Crippen molar-refractivity contribution in [1.29, 1.82) is 0 Å². The van der Waals surface area contributed by atoms with E-state index in [1.54, 1.807) is 0 Å². The quantitative estimate of drug-likeness (QED) is 0.720. The van der Waals surface area contributed by atoms with Crippen LogP contribution in [0, 0.1) is 11.8 Å². The zero-order chi connectivity index (χ0) is 10.7. The Hall–Kier alpha value is -0.610. The van der Waals surface area contributed by atoms with Crippen LogP contribution in [0.2, 0.25) is 0 Å². The van der Waals surface area contributed by atoms with Crippen molar-refractivity contribution in [2.45, 2.75) is 39.2 Å². The molecule has 2 rings (SSSR count). The summed E-state index contributed by atoms with van der Waals surface area (Å²) in [6.45, 7) is 5.91. The molecule has 1 aliphatic heterocycles. The number of amidine groups is 1. The molecule has 1 unspecified atom stereocenters. The van der Waals surface area contributed by atoms with Gasteiger partial charge in [-0.2, -0.15) is 0 Å². The second-order valence-electron chi connectivity index (χ2n) is 4.68. The van der Waals surface area contributed by atoms with E-state index in [-0.39, 0.29) is 0 Å². The Morgan fingerprint density at radius 3 is 3.00 bits per heavy atom. The minimum Gasteiger partial charge on any atom is -0.307 e. The lowest BCUT2D eigenvalue weighted by atomic mass is 9.72. The third kappa shape index (κ3) is 2.69. The lowest BCUT2D eigenvalue weighted by Gasteiger charge is -2.39. The van der Waals surface area contributed by atoms with E-state index in [1.807, 2.05) is 0 Å². The maximum atomic E-state index is 4.92. The van der Waals surface area contributed by atoms with Crippen LogP contribution in [-0.2, 0) is 4.84 Å². The first-order chi connectivity index (χ1) is 7.29. The minimum atomic E-state index is 0.456. The summed E-state index contributed by atoms with van der Waals surface area (Å²) in [4.78, 5) is 9.08. The SMILES string of the molecule is CCC(C)C1CC(NCC2=NCON2)C1. The third-order valence-corrected chi connectivity index (χ3v) is 3.69. The van der Waals surface area contributed by atoms with E-state index in [4.69, 9.17) is 4.84 Å². The number of hydroxylamine groups is 1. The van der Waals surface area contributed by atoms with Crippen molar-refractivity contribution in [2.75, 3.05) is 13.3 Å². The summed E-state index contributed by atoms with van der Waals surface area (Å²) in [6, 6.07) is 0.689. The molecule has 0 bridgehead atoms. The predicted molar refractivity (Wildman–Crippen MR) is 60.5 cm³/mol. The topological polar surface area (TPSA) is 45.7 Å². The van der Waals surface area contributed by atoms with Gasteiger partial charge in [0.05, 0.1) is 6.54 Å². The van der Waals surface area contributed by atoms with Gasteiger partial charge in [0, 0.05) is 6.04 Å². The maximum absolute atomic E-state index is 4.92. The van der Waals surface area contributed by atoms with Gasteiger partial charge in [0.25, 0.3) is 0 Å². The van der Waals surface area contributed by atoms with Crippen LogP contribution >= 0.6 is 0 Å². The van der Waals surface area contributed by atoms with Crippen molar-refractivity contribution >= 4 is 5.84 Å². The van der Waals surface area contributed by atoms with E-state index >= 15 is 0 Å². The van der Waals surface area contributed by atoms with Crippen LogP contribution in [0.3, 0.4) is 0 Å². The monoisotopic (exact) mass is 211 g/mol. The first kappa shape index (κ1) is 10.9. The normalized spacial score (nSPS) is 31.7. The van der Waals surface area contributed by atoms with Gasteiger partial charge < -0.3 is 5.32 Å². The summed E-state index contributed by atoms with van der Waals surface area (Å²) in [7, 11) is 0. The lowest BCUT2D eigenvalue weighted by Crippen LogP contribution is -2.46. The summed E-state index contributed by atoms with van der Waals surface area (Å²) >= 11 is 0. The largest absolute Gasteiger partial charge is 0.307 e. The van der Waals surface area contributed by atoms with E-state index in [9.17, 15) is 0 Å². The first-order valence-corrected chi connectivity index (χ1v) is 5.94. The fourth-order valence-electron chi connectivity index (χ4n) is 2.22. The molecule has 0 aromatic heterocycles. The molecule has 86 valence electrons. The summed E-state index contributed by atoms with van der Waals surface area (Å²) in [6.07, 6.45) is 3.95. The molecule has 0 amide bonds. The molecule has 1 saturated carbocycles. The van der Waals surface area contributed by atoms with Crippen molar-refractivity contribution < 1.29 is 4.84 Å². The second-order valence-corrected chi connectivity index (χ2v) is 4.68. The van der Waals surface area contributed by atoms with Gasteiger partial charge in [-0.1, -0.05) is 20.3 Å². The predicted octanol–water partition coefficient (Wildman–Crippen LogP) is 1.29. The fraction of sp³-hybridized carbons (Fsp3) is 0.909. The van der Waals surface area contributed by atoms with Crippen LogP contribution in [0.5, 0.6) is 0 Å². The molecule has 1 atom stereocenters. The molecule has 2 N–H and O–H groups in total.